The highest BCUT2D eigenvalue weighted by molar-refractivity contribution is 9.10. The van der Waals surface area contributed by atoms with E-state index in [9.17, 15) is 0 Å². The predicted octanol–water partition coefficient (Wildman–Crippen LogP) is 3.16. The summed E-state index contributed by atoms with van der Waals surface area (Å²) in [5, 5.41) is 0. The molecule has 1 heterocycles. The maximum atomic E-state index is 6.06. The van der Waals surface area contributed by atoms with E-state index >= 15 is 0 Å². The number of halogens is 1. The lowest BCUT2D eigenvalue weighted by Gasteiger charge is -2.43. The number of fused-ring (bicyclic) bond motifs is 1. The van der Waals surface area contributed by atoms with E-state index in [-0.39, 0.29) is 5.41 Å². The van der Waals surface area contributed by atoms with Gasteiger partial charge in [-0.25, -0.2) is 0 Å². The van der Waals surface area contributed by atoms with Gasteiger partial charge in [0.1, 0.15) is 13.2 Å². The van der Waals surface area contributed by atoms with Gasteiger partial charge in [0.05, 0.1) is 4.47 Å². The summed E-state index contributed by atoms with van der Waals surface area (Å²) in [5.74, 6) is 1.73. The van der Waals surface area contributed by atoms with Crippen molar-refractivity contribution >= 4 is 15.9 Å². The maximum absolute atomic E-state index is 6.06. The van der Waals surface area contributed by atoms with E-state index in [0.29, 0.717) is 19.8 Å². The Kier molecular flexibility index (Phi) is 3.48. The third-order valence-corrected chi connectivity index (χ3v) is 5.34. The van der Waals surface area contributed by atoms with Crippen molar-refractivity contribution in [2.75, 3.05) is 19.8 Å². The van der Waals surface area contributed by atoms with Crippen molar-refractivity contribution in [1.82, 2.24) is 0 Å². The topological polar surface area (TPSA) is 44.5 Å². The molecule has 1 aliphatic carbocycles. The van der Waals surface area contributed by atoms with Gasteiger partial charge in [-0.15, -0.1) is 0 Å². The van der Waals surface area contributed by atoms with Crippen molar-refractivity contribution in [2.24, 2.45) is 5.73 Å². The van der Waals surface area contributed by atoms with E-state index < -0.39 is 0 Å². The molecule has 0 amide bonds. The fourth-order valence-electron chi connectivity index (χ4n) is 3.19. The summed E-state index contributed by atoms with van der Waals surface area (Å²) in [5.41, 5.74) is 8.91. The van der Waals surface area contributed by atoms with Crippen molar-refractivity contribution in [2.45, 2.75) is 38.0 Å². The molecule has 3 nitrogen and oxygen atoms in total. The third kappa shape index (κ3) is 1.96. The lowest BCUT2D eigenvalue weighted by atomic mass is 9.63. The molecule has 1 aromatic carbocycles. The zero-order valence-electron chi connectivity index (χ0n) is 11.3. The maximum Gasteiger partial charge on any atom is 0.175 e. The predicted molar refractivity (Wildman–Crippen MR) is 79.1 cm³/mol. The van der Waals surface area contributed by atoms with Gasteiger partial charge in [0.2, 0.25) is 0 Å². The number of hydrogen-bond donors (Lipinski definition) is 1. The van der Waals surface area contributed by atoms with Gasteiger partial charge in [0, 0.05) is 12.0 Å². The fraction of sp³-hybridized carbons (Fsp3) is 0.600. The molecule has 3 rings (SSSR count). The minimum atomic E-state index is 0.156. The Balaban J connectivity index is 2.15. The van der Waals surface area contributed by atoms with Crippen molar-refractivity contribution < 1.29 is 9.47 Å². The standard InChI is InChI=1S/C15H20BrNO2/c1-2-10-11(15(9-17)4-3-5-15)8-12-14(13(10)16)19-7-6-18-12/h8H,2-7,9,17H2,1H3. The van der Waals surface area contributed by atoms with E-state index in [4.69, 9.17) is 15.2 Å². The molecule has 0 saturated heterocycles. The molecule has 1 saturated carbocycles. The number of rotatable bonds is 3. The van der Waals surface area contributed by atoms with Gasteiger partial charge in [0.15, 0.2) is 11.5 Å². The number of nitrogens with two attached hydrogens (primary N) is 1. The Morgan fingerprint density at radius 2 is 2.05 bits per heavy atom. The first-order valence-corrected chi connectivity index (χ1v) is 7.82. The average molecular weight is 326 g/mol. The van der Waals surface area contributed by atoms with Crippen molar-refractivity contribution in [1.29, 1.82) is 0 Å². The smallest absolute Gasteiger partial charge is 0.175 e. The van der Waals surface area contributed by atoms with Gasteiger partial charge in [0.25, 0.3) is 0 Å². The molecule has 19 heavy (non-hydrogen) atoms. The lowest BCUT2D eigenvalue weighted by Crippen LogP contribution is -2.42. The van der Waals surface area contributed by atoms with E-state index in [1.807, 2.05) is 0 Å². The van der Waals surface area contributed by atoms with Crippen LogP contribution in [0, 0.1) is 0 Å². The van der Waals surface area contributed by atoms with Crippen LogP contribution in [-0.4, -0.2) is 19.8 Å². The fourth-order valence-corrected chi connectivity index (χ4v) is 3.99. The molecule has 1 fully saturated rings. The molecule has 2 aliphatic rings. The summed E-state index contributed by atoms with van der Waals surface area (Å²) in [4.78, 5) is 0. The minimum Gasteiger partial charge on any atom is -0.486 e. The van der Waals surface area contributed by atoms with E-state index in [1.165, 1.54) is 30.4 Å². The van der Waals surface area contributed by atoms with Crippen molar-refractivity contribution in [3.05, 3.63) is 21.7 Å². The second-order valence-corrected chi connectivity index (χ2v) is 6.23. The summed E-state index contributed by atoms with van der Waals surface area (Å²) in [6, 6.07) is 2.17. The van der Waals surface area contributed by atoms with Gasteiger partial charge in [-0.1, -0.05) is 13.3 Å². The summed E-state index contributed by atoms with van der Waals surface area (Å²) in [6.07, 6.45) is 4.62. The summed E-state index contributed by atoms with van der Waals surface area (Å²) in [6.45, 7) is 4.14. The molecule has 4 heteroatoms. The molecule has 0 unspecified atom stereocenters. The van der Waals surface area contributed by atoms with Crippen LogP contribution >= 0.6 is 15.9 Å². The van der Waals surface area contributed by atoms with Crippen LogP contribution < -0.4 is 15.2 Å². The summed E-state index contributed by atoms with van der Waals surface area (Å²) in [7, 11) is 0. The second-order valence-electron chi connectivity index (χ2n) is 5.43. The van der Waals surface area contributed by atoms with Crippen LogP contribution in [0.5, 0.6) is 11.5 Å². The summed E-state index contributed by atoms with van der Waals surface area (Å²) < 4.78 is 12.6. The zero-order chi connectivity index (χ0) is 13.5. The molecule has 2 N–H and O–H groups in total. The quantitative estimate of drug-likeness (QED) is 0.928. The van der Waals surface area contributed by atoms with Crippen molar-refractivity contribution in [3.8, 4) is 11.5 Å². The zero-order valence-corrected chi connectivity index (χ0v) is 12.9. The molecule has 0 spiro atoms. The van der Waals surface area contributed by atoms with E-state index in [0.717, 1.165) is 22.4 Å². The Hall–Kier alpha value is -0.740. The van der Waals surface area contributed by atoms with Gasteiger partial charge in [-0.05, 0) is 52.4 Å². The lowest BCUT2D eigenvalue weighted by molar-refractivity contribution is 0.168. The average Bonchev–Trinajstić information content (AvgIpc) is 2.39. The first kappa shape index (κ1) is 13.3. The van der Waals surface area contributed by atoms with Gasteiger partial charge in [-0.3, -0.25) is 0 Å². The molecule has 1 aliphatic heterocycles. The van der Waals surface area contributed by atoms with E-state index in [1.54, 1.807) is 0 Å². The summed E-state index contributed by atoms with van der Waals surface area (Å²) >= 11 is 3.71. The number of hydrogen-bond acceptors (Lipinski definition) is 3. The van der Waals surface area contributed by atoms with Crippen molar-refractivity contribution in [3.63, 3.8) is 0 Å². The van der Waals surface area contributed by atoms with Gasteiger partial charge < -0.3 is 15.2 Å². The normalized spacial score (nSPS) is 19.9. The molecule has 0 radical (unpaired) electrons. The SMILES string of the molecule is CCc1c(C2(CN)CCC2)cc2c(c1Br)OCCO2. The molecular weight excluding hydrogens is 306 g/mol. The largest absolute Gasteiger partial charge is 0.486 e. The second kappa shape index (κ2) is 4.98. The molecular formula is C15H20BrNO2. The molecule has 1 aromatic rings. The first-order chi connectivity index (χ1) is 9.22. The molecule has 0 atom stereocenters. The third-order valence-electron chi connectivity index (χ3n) is 4.50. The first-order valence-electron chi connectivity index (χ1n) is 7.03. The highest BCUT2D eigenvalue weighted by atomic mass is 79.9. The highest BCUT2D eigenvalue weighted by Crippen LogP contribution is 2.50. The minimum absolute atomic E-state index is 0.156. The number of benzene rings is 1. The van der Waals surface area contributed by atoms with Crippen LogP contribution in [-0.2, 0) is 11.8 Å². The monoisotopic (exact) mass is 325 g/mol. The molecule has 0 bridgehead atoms. The Labute approximate surface area is 122 Å². The molecule has 0 aromatic heterocycles. The van der Waals surface area contributed by atoms with Crippen LogP contribution in [0.25, 0.3) is 0 Å². The van der Waals surface area contributed by atoms with Crippen LogP contribution in [0.4, 0.5) is 0 Å². The van der Waals surface area contributed by atoms with Crippen LogP contribution in [0.15, 0.2) is 10.5 Å². The van der Waals surface area contributed by atoms with Gasteiger partial charge >= 0.3 is 0 Å². The Bertz CT molecular complexity index is 492. The Morgan fingerprint density at radius 3 is 2.63 bits per heavy atom. The van der Waals surface area contributed by atoms with Gasteiger partial charge in [-0.2, -0.15) is 0 Å². The van der Waals surface area contributed by atoms with E-state index in [2.05, 4.69) is 28.9 Å². The van der Waals surface area contributed by atoms with Crippen LogP contribution in [0.2, 0.25) is 0 Å². The van der Waals surface area contributed by atoms with Crippen LogP contribution in [0.1, 0.15) is 37.3 Å². The number of ether oxygens (including phenoxy) is 2. The Morgan fingerprint density at radius 1 is 1.32 bits per heavy atom. The molecule has 104 valence electrons. The highest BCUT2D eigenvalue weighted by Gasteiger charge is 2.40. The van der Waals surface area contributed by atoms with Crippen LogP contribution in [0.3, 0.4) is 0 Å².